The third-order valence-corrected chi connectivity index (χ3v) is 4.78. The van der Waals surface area contributed by atoms with Crippen LogP contribution in [0.1, 0.15) is 16.1 Å². The van der Waals surface area contributed by atoms with Gasteiger partial charge in [-0.15, -0.1) is 0 Å². The summed E-state index contributed by atoms with van der Waals surface area (Å²) in [7, 11) is 0. The Kier molecular flexibility index (Phi) is 5.68. The summed E-state index contributed by atoms with van der Waals surface area (Å²) in [6.45, 7) is 1.05. The second-order valence-corrected chi connectivity index (χ2v) is 7.11. The van der Waals surface area contributed by atoms with Crippen molar-refractivity contribution in [2.75, 3.05) is 13.2 Å². The molecule has 2 N–H and O–H groups in total. The molecule has 1 atom stereocenters. The zero-order chi connectivity index (χ0) is 22.0. The van der Waals surface area contributed by atoms with Crippen LogP contribution in [-0.2, 0) is 14.3 Å². The van der Waals surface area contributed by atoms with Crippen LogP contribution >= 0.6 is 11.6 Å². The van der Waals surface area contributed by atoms with Crippen molar-refractivity contribution < 1.29 is 33.0 Å². The Hall–Kier alpha value is -3.72. The van der Waals surface area contributed by atoms with E-state index in [0.29, 0.717) is 33.1 Å². The fraction of sp³-hybridized carbons (Fsp3) is 0.190. The molecule has 0 saturated carbocycles. The first-order valence-corrected chi connectivity index (χ1v) is 9.63. The molecule has 0 spiro atoms. The molecule has 1 aliphatic heterocycles. The third kappa shape index (κ3) is 4.41. The van der Waals surface area contributed by atoms with Gasteiger partial charge in [0.15, 0.2) is 18.1 Å². The molecule has 2 heterocycles. The van der Waals surface area contributed by atoms with E-state index in [2.05, 4.69) is 10.9 Å². The zero-order valence-corrected chi connectivity index (χ0v) is 17.0. The lowest BCUT2D eigenvalue weighted by molar-refractivity contribution is -0.135. The normalized spacial score (nSPS) is 14.7. The fourth-order valence-electron chi connectivity index (χ4n) is 2.98. The largest absolute Gasteiger partial charge is 0.485 e. The number of carbonyl (C=O) groups is 3. The van der Waals surface area contributed by atoms with Crippen molar-refractivity contribution in [1.82, 2.24) is 10.9 Å². The summed E-state index contributed by atoms with van der Waals surface area (Å²) in [5, 5.41) is 1.18. The number of halogens is 1. The fourth-order valence-corrected chi connectivity index (χ4v) is 3.15. The number of hydrogen-bond donors (Lipinski definition) is 2. The predicted octanol–water partition coefficient (Wildman–Crippen LogP) is 2.54. The molecule has 10 heteroatoms. The maximum absolute atomic E-state index is 12.3. The van der Waals surface area contributed by atoms with Gasteiger partial charge in [-0.3, -0.25) is 20.4 Å². The van der Waals surface area contributed by atoms with Crippen molar-refractivity contribution in [3.05, 3.63) is 58.8 Å². The second-order valence-electron chi connectivity index (χ2n) is 6.67. The third-order valence-electron chi connectivity index (χ3n) is 4.54. The van der Waals surface area contributed by atoms with Crippen LogP contribution in [0.5, 0.6) is 11.5 Å². The first kappa shape index (κ1) is 20.5. The monoisotopic (exact) mass is 444 g/mol. The molecule has 1 aliphatic rings. The number of fused-ring (bicyclic) bond motifs is 2. The van der Waals surface area contributed by atoms with Gasteiger partial charge in [0.2, 0.25) is 11.9 Å². The highest BCUT2D eigenvalue weighted by Crippen LogP contribution is 2.31. The number of benzene rings is 2. The highest BCUT2D eigenvalue weighted by Gasteiger charge is 2.27. The van der Waals surface area contributed by atoms with Crippen molar-refractivity contribution >= 4 is 40.4 Å². The van der Waals surface area contributed by atoms with Gasteiger partial charge in [0.25, 0.3) is 11.8 Å². The number of nitrogens with one attached hydrogen (secondary N) is 2. The molecule has 3 aromatic rings. The average Bonchev–Trinajstić information content (AvgIpc) is 3.11. The molecule has 31 heavy (non-hydrogen) atoms. The number of amides is 2. The maximum Gasteiger partial charge on any atom is 0.375 e. The minimum Gasteiger partial charge on any atom is -0.485 e. The summed E-state index contributed by atoms with van der Waals surface area (Å²) in [5.41, 5.74) is 5.39. The van der Waals surface area contributed by atoms with E-state index in [0.717, 1.165) is 0 Å². The number of hydrogen-bond acceptors (Lipinski definition) is 7. The number of ether oxygens (including phenoxy) is 3. The Labute approximate surface area is 181 Å². The van der Waals surface area contributed by atoms with Gasteiger partial charge in [-0.2, -0.15) is 0 Å². The predicted molar refractivity (Wildman–Crippen MR) is 109 cm³/mol. The highest BCUT2D eigenvalue weighted by molar-refractivity contribution is 6.31. The lowest BCUT2D eigenvalue weighted by Crippen LogP contribution is -2.51. The standard InChI is InChI=1S/C21H17ClN2O7/c1-11-13-8-12(22)6-7-14(13)31-19(11)21(27)29-10-18(25)23-24-20(26)17-9-28-15-4-2-3-5-16(15)30-17/h2-8,17H,9-10H2,1H3,(H,23,25)(H,24,26). The van der Waals surface area contributed by atoms with E-state index in [-0.39, 0.29) is 12.4 Å². The average molecular weight is 445 g/mol. The summed E-state index contributed by atoms with van der Waals surface area (Å²) in [5.74, 6) is -1.23. The Bertz CT molecular complexity index is 1170. The summed E-state index contributed by atoms with van der Waals surface area (Å²) >= 11 is 5.96. The highest BCUT2D eigenvalue weighted by atomic mass is 35.5. The molecule has 160 valence electrons. The molecule has 2 aromatic carbocycles. The lowest BCUT2D eigenvalue weighted by atomic mass is 10.1. The Morgan fingerprint density at radius 3 is 2.71 bits per heavy atom. The van der Waals surface area contributed by atoms with Crippen LogP contribution in [0.3, 0.4) is 0 Å². The van der Waals surface area contributed by atoms with E-state index in [9.17, 15) is 14.4 Å². The molecular weight excluding hydrogens is 428 g/mol. The molecule has 1 unspecified atom stereocenters. The summed E-state index contributed by atoms with van der Waals surface area (Å²) in [6.07, 6.45) is -0.942. The molecule has 0 radical (unpaired) electrons. The Balaban J connectivity index is 1.27. The molecular formula is C21H17ClN2O7. The molecule has 1 aromatic heterocycles. The first-order chi connectivity index (χ1) is 14.9. The van der Waals surface area contributed by atoms with Crippen LogP contribution in [0.2, 0.25) is 5.02 Å². The smallest absolute Gasteiger partial charge is 0.375 e. The van der Waals surface area contributed by atoms with E-state index in [1.807, 2.05) is 0 Å². The Morgan fingerprint density at radius 1 is 1.13 bits per heavy atom. The number of para-hydroxylation sites is 2. The second kappa shape index (κ2) is 8.57. The minimum absolute atomic E-state index is 0.0109. The van der Waals surface area contributed by atoms with Gasteiger partial charge in [-0.1, -0.05) is 23.7 Å². The summed E-state index contributed by atoms with van der Waals surface area (Å²) in [6, 6.07) is 11.9. The number of aryl methyl sites for hydroxylation is 1. The van der Waals surface area contributed by atoms with E-state index in [1.54, 1.807) is 49.4 Å². The number of carbonyl (C=O) groups excluding carboxylic acids is 3. The number of hydrazine groups is 1. The molecule has 2 amide bonds. The van der Waals surface area contributed by atoms with Gasteiger partial charge >= 0.3 is 5.97 Å². The first-order valence-electron chi connectivity index (χ1n) is 9.25. The van der Waals surface area contributed by atoms with Gasteiger partial charge in [-0.05, 0) is 37.3 Å². The molecule has 9 nitrogen and oxygen atoms in total. The summed E-state index contributed by atoms with van der Waals surface area (Å²) < 4.78 is 21.4. The van der Waals surface area contributed by atoms with Crippen molar-refractivity contribution in [3.8, 4) is 11.5 Å². The van der Waals surface area contributed by atoms with Crippen molar-refractivity contribution in [3.63, 3.8) is 0 Å². The molecule has 4 rings (SSSR count). The van der Waals surface area contributed by atoms with E-state index in [4.69, 9.17) is 30.2 Å². The van der Waals surface area contributed by atoms with Gasteiger partial charge in [0, 0.05) is 16.0 Å². The van der Waals surface area contributed by atoms with E-state index in [1.165, 1.54) is 0 Å². The van der Waals surface area contributed by atoms with Crippen LogP contribution in [0.25, 0.3) is 11.0 Å². The van der Waals surface area contributed by atoms with Crippen molar-refractivity contribution in [2.45, 2.75) is 13.0 Å². The van der Waals surface area contributed by atoms with Gasteiger partial charge in [-0.25, -0.2) is 4.79 Å². The van der Waals surface area contributed by atoms with Gasteiger partial charge in [0.05, 0.1) is 0 Å². The molecule has 0 fully saturated rings. The van der Waals surface area contributed by atoms with Gasteiger partial charge < -0.3 is 18.6 Å². The lowest BCUT2D eigenvalue weighted by Gasteiger charge is -2.25. The van der Waals surface area contributed by atoms with Crippen LogP contribution in [-0.4, -0.2) is 37.1 Å². The molecule has 0 bridgehead atoms. The van der Waals surface area contributed by atoms with Crippen molar-refractivity contribution in [1.29, 1.82) is 0 Å². The minimum atomic E-state index is -0.942. The quantitative estimate of drug-likeness (QED) is 0.469. The van der Waals surface area contributed by atoms with Crippen LogP contribution in [0, 0.1) is 6.92 Å². The SMILES string of the molecule is Cc1c(C(=O)OCC(=O)NNC(=O)C2COc3ccccc3O2)oc2ccc(Cl)cc12. The topological polar surface area (TPSA) is 116 Å². The zero-order valence-electron chi connectivity index (χ0n) is 16.3. The summed E-state index contributed by atoms with van der Waals surface area (Å²) in [4.78, 5) is 36.4. The Morgan fingerprint density at radius 2 is 1.90 bits per heavy atom. The molecule has 0 saturated heterocycles. The van der Waals surface area contributed by atoms with Crippen LogP contribution in [0.15, 0.2) is 46.9 Å². The number of esters is 1. The molecule has 0 aliphatic carbocycles. The number of rotatable bonds is 4. The van der Waals surface area contributed by atoms with Gasteiger partial charge in [0.1, 0.15) is 12.2 Å². The number of furan rings is 1. The van der Waals surface area contributed by atoms with Crippen LogP contribution < -0.4 is 20.3 Å². The van der Waals surface area contributed by atoms with Crippen LogP contribution in [0.4, 0.5) is 0 Å². The maximum atomic E-state index is 12.3. The van der Waals surface area contributed by atoms with E-state index >= 15 is 0 Å². The van der Waals surface area contributed by atoms with E-state index < -0.39 is 30.5 Å². The van der Waals surface area contributed by atoms with Crippen molar-refractivity contribution in [2.24, 2.45) is 0 Å².